The molecule has 2 rings (SSSR count). The largest absolute Gasteiger partial charge is 0.379 e. The van der Waals surface area contributed by atoms with Gasteiger partial charge in [-0.25, -0.2) is 4.79 Å². The Morgan fingerprint density at radius 2 is 2.11 bits per heavy atom. The standard InChI is InChI=1S/C13H19ClN2O3/c1-8(2)10-11(14)15-13(18)16(12(10)17)5-6-19-7-9-3-4-9/h8-9H,3-7H2,1-2H3,(H,15,18). The quantitative estimate of drug-likeness (QED) is 0.640. The minimum Gasteiger partial charge on any atom is -0.379 e. The fourth-order valence-electron chi connectivity index (χ4n) is 1.95. The number of halogens is 1. The van der Waals surface area contributed by atoms with Crippen LogP contribution in [0, 0.1) is 5.92 Å². The average molecular weight is 287 g/mol. The van der Waals surface area contributed by atoms with Crippen molar-refractivity contribution in [2.24, 2.45) is 5.92 Å². The van der Waals surface area contributed by atoms with Crippen molar-refractivity contribution < 1.29 is 4.74 Å². The molecule has 5 nitrogen and oxygen atoms in total. The number of H-pyrrole nitrogens is 1. The first-order valence-electron chi connectivity index (χ1n) is 6.61. The van der Waals surface area contributed by atoms with Gasteiger partial charge in [-0.2, -0.15) is 0 Å². The fraction of sp³-hybridized carbons (Fsp3) is 0.692. The van der Waals surface area contributed by atoms with E-state index in [1.54, 1.807) is 0 Å². The highest BCUT2D eigenvalue weighted by atomic mass is 35.5. The molecule has 0 aromatic carbocycles. The average Bonchev–Trinajstić information content (AvgIpc) is 3.10. The summed E-state index contributed by atoms with van der Waals surface area (Å²) in [5, 5.41) is 0.139. The maximum absolute atomic E-state index is 12.2. The maximum atomic E-state index is 12.2. The summed E-state index contributed by atoms with van der Waals surface area (Å²) < 4.78 is 6.62. The molecule has 1 aliphatic rings. The molecule has 0 spiro atoms. The summed E-state index contributed by atoms with van der Waals surface area (Å²) in [5.74, 6) is 0.641. The number of rotatable bonds is 6. The van der Waals surface area contributed by atoms with Crippen molar-refractivity contribution in [2.75, 3.05) is 13.2 Å². The molecule has 6 heteroatoms. The Morgan fingerprint density at radius 3 is 2.68 bits per heavy atom. The normalized spacial score (nSPS) is 15.2. The molecule has 0 saturated heterocycles. The smallest absolute Gasteiger partial charge is 0.329 e. The Bertz CT molecular complexity index is 558. The lowest BCUT2D eigenvalue weighted by Crippen LogP contribution is -2.38. The van der Waals surface area contributed by atoms with E-state index in [2.05, 4.69) is 4.98 Å². The molecular formula is C13H19ClN2O3. The lowest BCUT2D eigenvalue weighted by atomic mass is 10.1. The van der Waals surface area contributed by atoms with E-state index >= 15 is 0 Å². The van der Waals surface area contributed by atoms with E-state index in [1.165, 1.54) is 12.8 Å². The van der Waals surface area contributed by atoms with Gasteiger partial charge < -0.3 is 4.74 Å². The molecule has 19 heavy (non-hydrogen) atoms. The van der Waals surface area contributed by atoms with Crippen LogP contribution in [0.5, 0.6) is 0 Å². The number of ether oxygens (including phenoxy) is 1. The molecule has 1 heterocycles. The van der Waals surface area contributed by atoms with Crippen LogP contribution >= 0.6 is 11.6 Å². The van der Waals surface area contributed by atoms with Crippen molar-refractivity contribution in [3.05, 3.63) is 31.6 Å². The van der Waals surface area contributed by atoms with Gasteiger partial charge >= 0.3 is 5.69 Å². The van der Waals surface area contributed by atoms with E-state index < -0.39 is 5.69 Å². The van der Waals surface area contributed by atoms with Gasteiger partial charge in [0.15, 0.2) is 0 Å². The summed E-state index contributed by atoms with van der Waals surface area (Å²) in [6.07, 6.45) is 2.44. The van der Waals surface area contributed by atoms with Gasteiger partial charge in [0.25, 0.3) is 5.56 Å². The number of aromatic nitrogens is 2. The minimum atomic E-state index is -0.477. The van der Waals surface area contributed by atoms with Gasteiger partial charge in [0, 0.05) is 6.61 Å². The van der Waals surface area contributed by atoms with Crippen LogP contribution in [0.3, 0.4) is 0 Å². The van der Waals surface area contributed by atoms with Crippen LogP contribution in [0.1, 0.15) is 38.2 Å². The van der Waals surface area contributed by atoms with Crippen LogP contribution in [0.2, 0.25) is 5.15 Å². The fourth-order valence-corrected chi connectivity index (χ4v) is 2.33. The molecule has 0 bridgehead atoms. The molecule has 0 aliphatic heterocycles. The zero-order valence-electron chi connectivity index (χ0n) is 11.2. The Morgan fingerprint density at radius 1 is 1.42 bits per heavy atom. The second kappa shape index (κ2) is 5.92. The third-order valence-electron chi connectivity index (χ3n) is 3.26. The second-order valence-corrected chi connectivity index (χ2v) is 5.67. The molecule has 1 aliphatic carbocycles. The van der Waals surface area contributed by atoms with E-state index in [0.29, 0.717) is 18.1 Å². The summed E-state index contributed by atoms with van der Waals surface area (Å²) in [6, 6.07) is 0. The highest BCUT2D eigenvalue weighted by molar-refractivity contribution is 6.30. The molecule has 0 unspecified atom stereocenters. The zero-order valence-corrected chi connectivity index (χ0v) is 12.0. The third kappa shape index (κ3) is 3.48. The molecule has 1 aromatic rings. The van der Waals surface area contributed by atoms with E-state index in [4.69, 9.17) is 16.3 Å². The Labute approximate surface area is 116 Å². The predicted octanol–water partition coefficient (Wildman–Crippen LogP) is 1.74. The summed E-state index contributed by atoms with van der Waals surface area (Å²) >= 11 is 5.91. The van der Waals surface area contributed by atoms with Gasteiger partial charge in [0.05, 0.1) is 18.7 Å². The monoisotopic (exact) mass is 286 g/mol. The molecule has 1 aromatic heterocycles. The summed E-state index contributed by atoms with van der Waals surface area (Å²) in [7, 11) is 0. The Kier molecular flexibility index (Phi) is 4.47. The SMILES string of the molecule is CC(C)c1c(Cl)[nH]c(=O)n(CCOCC2CC2)c1=O. The molecule has 0 amide bonds. The van der Waals surface area contributed by atoms with Crippen molar-refractivity contribution in [2.45, 2.75) is 39.2 Å². The van der Waals surface area contributed by atoms with Crippen molar-refractivity contribution in [1.82, 2.24) is 9.55 Å². The van der Waals surface area contributed by atoms with Crippen molar-refractivity contribution >= 4 is 11.6 Å². The van der Waals surface area contributed by atoms with Gasteiger partial charge in [0.1, 0.15) is 5.15 Å². The number of hydrogen-bond acceptors (Lipinski definition) is 3. The van der Waals surface area contributed by atoms with Crippen LogP contribution in [0.25, 0.3) is 0 Å². The maximum Gasteiger partial charge on any atom is 0.329 e. The lowest BCUT2D eigenvalue weighted by Gasteiger charge is -2.11. The van der Waals surface area contributed by atoms with Crippen molar-refractivity contribution in [3.63, 3.8) is 0 Å². The third-order valence-corrected chi connectivity index (χ3v) is 3.56. The first kappa shape index (κ1) is 14.3. The molecule has 0 atom stereocenters. The molecule has 1 saturated carbocycles. The minimum absolute atomic E-state index is 0.0320. The van der Waals surface area contributed by atoms with Crippen molar-refractivity contribution in [3.8, 4) is 0 Å². The predicted molar refractivity (Wildman–Crippen MR) is 74.0 cm³/mol. The number of nitrogens with zero attached hydrogens (tertiary/aromatic N) is 1. The van der Waals surface area contributed by atoms with Gasteiger partial charge in [0.2, 0.25) is 0 Å². The molecule has 0 radical (unpaired) electrons. The van der Waals surface area contributed by atoms with Crippen LogP contribution in [-0.2, 0) is 11.3 Å². The van der Waals surface area contributed by atoms with E-state index in [9.17, 15) is 9.59 Å². The zero-order chi connectivity index (χ0) is 14.0. The first-order chi connectivity index (χ1) is 9.00. The lowest BCUT2D eigenvalue weighted by molar-refractivity contribution is 0.115. The van der Waals surface area contributed by atoms with Gasteiger partial charge in [-0.05, 0) is 24.7 Å². The number of hydrogen-bond donors (Lipinski definition) is 1. The Hall–Kier alpha value is -1.07. The van der Waals surface area contributed by atoms with Crippen molar-refractivity contribution in [1.29, 1.82) is 0 Å². The molecule has 1 fully saturated rings. The number of aromatic amines is 1. The van der Waals surface area contributed by atoms with E-state index in [-0.39, 0.29) is 23.2 Å². The highest BCUT2D eigenvalue weighted by Gasteiger charge is 2.21. The van der Waals surface area contributed by atoms with Crippen LogP contribution in [-0.4, -0.2) is 22.8 Å². The molecule has 1 N–H and O–H groups in total. The van der Waals surface area contributed by atoms with Gasteiger partial charge in [-0.15, -0.1) is 0 Å². The van der Waals surface area contributed by atoms with E-state index in [0.717, 1.165) is 11.2 Å². The first-order valence-corrected chi connectivity index (χ1v) is 6.98. The van der Waals surface area contributed by atoms with Crippen LogP contribution in [0.15, 0.2) is 9.59 Å². The molecule has 106 valence electrons. The summed E-state index contributed by atoms with van der Waals surface area (Å²) in [4.78, 5) is 26.4. The highest BCUT2D eigenvalue weighted by Crippen LogP contribution is 2.28. The molecular weight excluding hydrogens is 268 g/mol. The Balaban J connectivity index is 2.12. The van der Waals surface area contributed by atoms with Gasteiger partial charge in [-0.3, -0.25) is 14.3 Å². The van der Waals surface area contributed by atoms with Crippen LogP contribution in [0.4, 0.5) is 0 Å². The number of nitrogens with one attached hydrogen (secondary N) is 1. The van der Waals surface area contributed by atoms with Crippen LogP contribution < -0.4 is 11.2 Å². The summed E-state index contributed by atoms with van der Waals surface area (Å²) in [5.41, 5.74) is -0.350. The van der Waals surface area contributed by atoms with Gasteiger partial charge in [-0.1, -0.05) is 25.4 Å². The summed E-state index contributed by atoms with van der Waals surface area (Å²) in [6.45, 7) is 5.09. The topological polar surface area (TPSA) is 64.1 Å². The second-order valence-electron chi connectivity index (χ2n) is 5.29. The van der Waals surface area contributed by atoms with E-state index in [1.807, 2.05) is 13.8 Å².